The summed E-state index contributed by atoms with van der Waals surface area (Å²) >= 11 is 0. The molecule has 1 atom stereocenters. The van der Waals surface area contributed by atoms with Gasteiger partial charge in [0.05, 0.1) is 12.6 Å². The molecule has 1 saturated heterocycles. The third kappa shape index (κ3) is 3.16. The number of hydrogen-bond donors (Lipinski definition) is 1. The minimum atomic E-state index is -0.00482. The first-order valence-electron chi connectivity index (χ1n) is 6.91. The second-order valence-electron chi connectivity index (χ2n) is 6.34. The fourth-order valence-electron chi connectivity index (χ4n) is 2.51. The van der Waals surface area contributed by atoms with Gasteiger partial charge >= 0.3 is 0 Å². The largest absolute Gasteiger partial charge is 0.394 e. The van der Waals surface area contributed by atoms with Crippen LogP contribution in [0.15, 0.2) is 24.3 Å². The molecule has 0 radical (unpaired) electrons. The standard InChI is InChI=1S/C16H23NO2/c1-16(2,3)13-6-4-12(5-7-13)10-17-14(11-18)8-9-15(17)19/h4-7,14,18H,8-11H2,1-3H3. The SMILES string of the molecule is CC(C)(C)c1ccc(CN2C(=O)CCC2CO)cc1. The lowest BCUT2D eigenvalue weighted by Crippen LogP contribution is -2.34. The summed E-state index contributed by atoms with van der Waals surface area (Å²) in [5.41, 5.74) is 2.57. The number of carbonyl (C=O) groups excluding carboxylic acids is 1. The fourth-order valence-corrected chi connectivity index (χ4v) is 2.51. The van der Waals surface area contributed by atoms with Crippen molar-refractivity contribution in [3.05, 3.63) is 35.4 Å². The Kier molecular flexibility index (Phi) is 3.95. The van der Waals surface area contributed by atoms with E-state index in [-0.39, 0.29) is 24.0 Å². The summed E-state index contributed by atoms with van der Waals surface area (Å²) in [4.78, 5) is 13.6. The number of carbonyl (C=O) groups is 1. The maximum atomic E-state index is 11.8. The van der Waals surface area contributed by atoms with E-state index in [0.29, 0.717) is 13.0 Å². The second-order valence-corrected chi connectivity index (χ2v) is 6.34. The molecule has 3 nitrogen and oxygen atoms in total. The molecule has 1 aromatic rings. The average Bonchev–Trinajstić information content (AvgIpc) is 2.70. The predicted molar refractivity (Wildman–Crippen MR) is 75.8 cm³/mol. The molecular weight excluding hydrogens is 238 g/mol. The lowest BCUT2D eigenvalue weighted by atomic mass is 9.87. The van der Waals surface area contributed by atoms with Gasteiger partial charge in [0.15, 0.2) is 0 Å². The van der Waals surface area contributed by atoms with Crippen LogP contribution in [-0.4, -0.2) is 28.6 Å². The fraction of sp³-hybridized carbons (Fsp3) is 0.562. The molecule has 1 aliphatic heterocycles. The Morgan fingerprint density at radius 3 is 2.42 bits per heavy atom. The molecular formula is C16H23NO2. The van der Waals surface area contributed by atoms with Crippen LogP contribution >= 0.6 is 0 Å². The molecule has 1 N–H and O–H groups in total. The molecule has 1 amide bonds. The van der Waals surface area contributed by atoms with E-state index in [0.717, 1.165) is 12.0 Å². The third-order valence-electron chi connectivity index (χ3n) is 3.84. The Morgan fingerprint density at radius 2 is 1.89 bits per heavy atom. The first kappa shape index (κ1) is 14.1. The lowest BCUT2D eigenvalue weighted by Gasteiger charge is -2.24. The molecule has 0 bridgehead atoms. The van der Waals surface area contributed by atoms with Crippen molar-refractivity contribution in [3.8, 4) is 0 Å². The number of amides is 1. The molecule has 104 valence electrons. The zero-order chi connectivity index (χ0) is 14.0. The van der Waals surface area contributed by atoms with Gasteiger partial charge in [-0.15, -0.1) is 0 Å². The van der Waals surface area contributed by atoms with Gasteiger partial charge in [-0.25, -0.2) is 0 Å². The molecule has 0 aromatic heterocycles. The second kappa shape index (κ2) is 5.33. The Labute approximate surface area is 115 Å². The average molecular weight is 261 g/mol. The summed E-state index contributed by atoms with van der Waals surface area (Å²) in [7, 11) is 0. The van der Waals surface area contributed by atoms with Gasteiger partial charge < -0.3 is 10.0 Å². The van der Waals surface area contributed by atoms with Crippen molar-refractivity contribution in [1.29, 1.82) is 0 Å². The summed E-state index contributed by atoms with van der Waals surface area (Å²) in [6.45, 7) is 7.23. The number of benzene rings is 1. The van der Waals surface area contributed by atoms with Gasteiger partial charge in [-0.2, -0.15) is 0 Å². The number of nitrogens with zero attached hydrogens (tertiary/aromatic N) is 1. The molecule has 1 aromatic carbocycles. The summed E-state index contributed by atoms with van der Waals surface area (Å²) in [5.74, 6) is 0.152. The summed E-state index contributed by atoms with van der Waals surface area (Å²) in [6, 6.07) is 8.42. The van der Waals surface area contributed by atoms with Crippen molar-refractivity contribution >= 4 is 5.91 Å². The molecule has 3 heteroatoms. The van der Waals surface area contributed by atoms with Crippen LogP contribution in [0.5, 0.6) is 0 Å². The van der Waals surface area contributed by atoms with Crippen LogP contribution in [0, 0.1) is 0 Å². The van der Waals surface area contributed by atoms with Gasteiger partial charge in [0.25, 0.3) is 0 Å². The van der Waals surface area contributed by atoms with E-state index < -0.39 is 0 Å². The molecule has 1 aliphatic rings. The lowest BCUT2D eigenvalue weighted by molar-refractivity contribution is -0.130. The van der Waals surface area contributed by atoms with Crippen LogP contribution in [0.2, 0.25) is 0 Å². The summed E-state index contributed by atoms with van der Waals surface area (Å²) < 4.78 is 0. The molecule has 19 heavy (non-hydrogen) atoms. The summed E-state index contributed by atoms with van der Waals surface area (Å²) in [6.07, 6.45) is 1.33. The summed E-state index contributed by atoms with van der Waals surface area (Å²) in [5, 5.41) is 9.29. The van der Waals surface area contributed by atoms with Crippen molar-refractivity contribution < 1.29 is 9.90 Å². The topological polar surface area (TPSA) is 40.5 Å². The van der Waals surface area contributed by atoms with Crippen molar-refractivity contribution in [2.75, 3.05) is 6.61 Å². The minimum absolute atomic E-state index is 0.00482. The van der Waals surface area contributed by atoms with E-state index >= 15 is 0 Å². The highest BCUT2D eigenvalue weighted by Crippen LogP contribution is 2.24. The highest BCUT2D eigenvalue weighted by Gasteiger charge is 2.30. The van der Waals surface area contributed by atoms with Crippen LogP contribution in [0.4, 0.5) is 0 Å². The van der Waals surface area contributed by atoms with Gasteiger partial charge in [0.1, 0.15) is 0 Å². The van der Waals surface area contributed by atoms with Crippen LogP contribution in [-0.2, 0) is 16.8 Å². The maximum Gasteiger partial charge on any atom is 0.223 e. The highest BCUT2D eigenvalue weighted by atomic mass is 16.3. The van der Waals surface area contributed by atoms with Crippen molar-refractivity contribution in [1.82, 2.24) is 4.90 Å². The quantitative estimate of drug-likeness (QED) is 0.908. The van der Waals surface area contributed by atoms with Crippen molar-refractivity contribution in [3.63, 3.8) is 0 Å². The zero-order valence-electron chi connectivity index (χ0n) is 12.0. The van der Waals surface area contributed by atoms with E-state index in [1.165, 1.54) is 5.56 Å². The van der Waals surface area contributed by atoms with E-state index in [4.69, 9.17) is 0 Å². The molecule has 2 rings (SSSR count). The third-order valence-corrected chi connectivity index (χ3v) is 3.84. The molecule has 0 aliphatic carbocycles. The smallest absolute Gasteiger partial charge is 0.223 e. The molecule has 1 unspecified atom stereocenters. The molecule has 1 fully saturated rings. The first-order chi connectivity index (χ1) is 8.91. The van der Waals surface area contributed by atoms with Gasteiger partial charge in [0.2, 0.25) is 5.91 Å². The van der Waals surface area contributed by atoms with Crippen LogP contribution in [0.3, 0.4) is 0 Å². The van der Waals surface area contributed by atoms with Crippen molar-refractivity contribution in [2.45, 2.75) is 51.6 Å². The zero-order valence-corrected chi connectivity index (χ0v) is 12.0. The van der Waals surface area contributed by atoms with Gasteiger partial charge in [-0.05, 0) is 23.0 Å². The van der Waals surface area contributed by atoms with Gasteiger partial charge in [-0.3, -0.25) is 4.79 Å². The van der Waals surface area contributed by atoms with E-state index in [1.807, 2.05) is 0 Å². The predicted octanol–water partition coefficient (Wildman–Crippen LogP) is 2.47. The maximum absolute atomic E-state index is 11.8. The highest BCUT2D eigenvalue weighted by molar-refractivity contribution is 5.78. The van der Waals surface area contributed by atoms with E-state index in [9.17, 15) is 9.90 Å². The Bertz CT molecular complexity index is 445. The molecule has 0 spiro atoms. The number of rotatable bonds is 3. The Morgan fingerprint density at radius 1 is 1.26 bits per heavy atom. The first-order valence-corrected chi connectivity index (χ1v) is 6.91. The van der Waals surface area contributed by atoms with Crippen LogP contribution in [0.25, 0.3) is 0 Å². The number of likely N-dealkylation sites (tertiary alicyclic amines) is 1. The monoisotopic (exact) mass is 261 g/mol. The Balaban J connectivity index is 2.09. The van der Waals surface area contributed by atoms with Gasteiger partial charge in [-0.1, -0.05) is 45.0 Å². The molecule has 1 heterocycles. The minimum Gasteiger partial charge on any atom is -0.394 e. The number of hydrogen-bond acceptors (Lipinski definition) is 2. The van der Waals surface area contributed by atoms with E-state index in [2.05, 4.69) is 45.0 Å². The number of aliphatic hydroxyl groups is 1. The molecule has 0 saturated carbocycles. The Hall–Kier alpha value is -1.35. The van der Waals surface area contributed by atoms with Crippen LogP contribution in [0.1, 0.15) is 44.7 Å². The van der Waals surface area contributed by atoms with Crippen molar-refractivity contribution in [2.24, 2.45) is 0 Å². The number of aliphatic hydroxyl groups excluding tert-OH is 1. The normalized spacial score (nSPS) is 20.1. The van der Waals surface area contributed by atoms with Crippen LogP contribution < -0.4 is 0 Å². The van der Waals surface area contributed by atoms with E-state index in [1.54, 1.807) is 4.90 Å². The van der Waals surface area contributed by atoms with Gasteiger partial charge in [0, 0.05) is 13.0 Å².